The van der Waals surface area contributed by atoms with E-state index < -0.39 is 5.82 Å². The summed E-state index contributed by atoms with van der Waals surface area (Å²) in [6.07, 6.45) is 2.44. The lowest BCUT2D eigenvalue weighted by Gasteiger charge is -1.98. The minimum atomic E-state index is -0.591. The maximum Gasteiger partial charge on any atom is 0.206 e. The molecule has 0 radical (unpaired) electrons. The van der Waals surface area contributed by atoms with Crippen molar-refractivity contribution in [1.29, 1.82) is 0 Å². The van der Waals surface area contributed by atoms with Gasteiger partial charge in [0.25, 0.3) is 0 Å². The molecule has 0 aromatic carbocycles. The first-order valence-electron chi connectivity index (χ1n) is 4.08. The van der Waals surface area contributed by atoms with E-state index in [2.05, 4.69) is 20.9 Å². The normalized spacial score (nSPS) is 10.3. The van der Waals surface area contributed by atoms with E-state index >= 15 is 0 Å². The lowest BCUT2D eigenvalue weighted by Crippen LogP contribution is -2.02. The second kappa shape index (κ2) is 4.20. The Morgan fingerprint density at radius 3 is 2.80 bits per heavy atom. The highest BCUT2D eigenvalue weighted by atomic mass is 79.9. The molecule has 0 bridgehead atoms. The molecule has 76 valence electrons. The quantitative estimate of drug-likeness (QED) is 0.793. The molecule has 0 N–H and O–H groups in total. The van der Waals surface area contributed by atoms with Gasteiger partial charge in [-0.1, -0.05) is 0 Å². The summed E-state index contributed by atoms with van der Waals surface area (Å²) in [4.78, 5) is 15.9. The van der Waals surface area contributed by atoms with Crippen molar-refractivity contribution in [2.75, 3.05) is 0 Å². The molecule has 2 nitrogen and oxygen atoms in total. The van der Waals surface area contributed by atoms with E-state index in [0.717, 1.165) is 9.98 Å². The van der Waals surface area contributed by atoms with Crippen molar-refractivity contribution in [2.24, 2.45) is 0 Å². The predicted molar refractivity (Wildman–Crippen MR) is 59.6 cm³/mol. The first kappa shape index (κ1) is 10.4. The van der Waals surface area contributed by atoms with Crippen LogP contribution in [0.15, 0.2) is 34.4 Å². The fourth-order valence-electron chi connectivity index (χ4n) is 1.13. The van der Waals surface area contributed by atoms with Crippen LogP contribution in [-0.2, 0) is 0 Å². The van der Waals surface area contributed by atoms with Gasteiger partial charge in [-0.3, -0.25) is 9.78 Å². The zero-order valence-corrected chi connectivity index (χ0v) is 9.81. The van der Waals surface area contributed by atoms with Crippen LogP contribution >= 0.6 is 27.3 Å². The maximum absolute atomic E-state index is 13.2. The number of hydrogen-bond acceptors (Lipinski definition) is 3. The summed E-state index contributed by atoms with van der Waals surface area (Å²) in [5.41, 5.74) is 0.0550. The van der Waals surface area contributed by atoms with Crippen LogP contribution in [-0.4, -0.2) is 10.8 Å². The Bertz CT molecular complexity index is 512. The summed E-state index contributed by atoms with van der Waals surface area (Å²) in [6, 6.07) is 4.80. The number of thiophene rings is 1. The van der Waals surface area contributed by atoms with Crippen LogP contribution in [0, 0.1) is 5.82 Å². The number of pyridine rings is 1. The fraction of sp³-hybridized carbons (Fsp3) is 0. The number of ketones is 1. The Morgan fingerprint density at radius 2 is 2.20 bits per heavy atom. The molecule has 2 aromatic heterocycles. The highest BCUT2D eigenvalue weighted by Crippen LogP contribution is 2.24. The van der Waals surface area contributed by atoms with Gasteiger partial charge in [0.15, 0.2) is 5.82 Å². The summed E-state index contributed by atoms with van der Waals surface area (Å²) in [5, 5.41) is 0. The van der Waals surface area contributed by atoms with Gasteiger partial charge in [-0.05, 0) is 34.1 Å². The van der Waals surface area contributed by atoms with Gasteiger partial charge in [-0.15, -0.1) is 11.3 Å². The summed E-state index contributed by atoms with van der Waals surface area (Å²) >= 11 is 4.53. The zero-order valence-electron chi connectivity index (χ0n) is 7.41. The van der Waals surface area contributed by atoms with Gasteiger partial charge in [-0.2, -0.15) is 0 Å². The molecule has 2 rings (SSSR count). The second-order valence-corrected chi connectivity index (χ2v) is 5.25. The molecule has 15 heavy (non-hydrogen) atoms. The number of carbonyl (C=O) groups excluding carboxylic acids is 1. The predicted octanol–water partition coefficient (Wildman–Crippen LogP) is 3.28. The topological polar surface area (TPSA) is 30.0 Å². The van der Waals surface area contributed by atoms with Gasteiger partial charge in [0.1, 0.15) is 0 Å². The summed E-state index contributed by atoms with van der Waals surface area (Å²) < 4.78 is 14.1. The monoisotopic (exact) mass is 285 g/mol. The zero-order chi connectivity index (χ0) is 10.8. The van der Waals surface area contributed by atoms with Crippen LogP contribution in [0.4, 0.5) is 4.39 Å². The van der Waals surface area contributed by atoms with Crippen molar-refractivity contribution in [3.05, 3.63) is 50.6 Å². The number of hydrogen-bond donors (Lipinski definition) is 0. The molecular weight excluding hydrogens is 281 g/mol. The number of rotatable bonds is 2. The van der Waals surface area contributed by atoms with Crippen molar-refractivity contribution >= 4 is 33.0 Å². The highest BCUT2D eigenvalue weighted by molar-refractivity contribution is 9.11. The van der Waals surface area contributed by atoms with Gasteiger partial charge in [0.2, 0.25) is 5.78 Å². The molecule has 0 saturated heterocycles. The van der Waals surface area contributed by atoms with Gasteiger partial charge in [-0.25, -0.2) is 4.39 Å². The van der Waals surface area contributed by atoms with Gasteiger partial charge in [0, 0.05) is 6.20 Å². The van der Waals surface area contributed by atoms with Crippen LogP contribution in [0.2, 0.25) is 0 Å². The SMILES string of the molecule is O=C(c1ccc(Br)s1)c1ccncc1F. The van der Waals surface area contributed by atoms with E-state index in [-0.39, 0.29) is 11.3 Å². The molecule has 0 fully saturated rings. The Hall–Kier alpha value is -1.07. The Morgan fingerprint density at radius 1 is 1.40 bits per heavy atom. The smallest absolute Gasteiger partial charge is 0.206 e. The lowest BCUT2D eigenvalue weighted by molar-refractivity contribution is 0.103. The Labute approximate surface area is 97.9 Å². The molecule has 0 unspecified atom stereocenters. The van der Waals surface area contributed by atoms with Crippen molar-refractivity contribution < 1.29 is 9.18 Å². The van der Waals surface area contributed by atoms with E-state index in [1.54, 1.807) is 12.1 Å². The third kappa shape index (κ3) is 2.13. The molecule has 2 aromatic rings. The van der Waals surface area contributed by atoms with E-state index in [9.17, 15) is 9.18 Å². The van der Waals surface area contributed by atoms with Crippen LogP contribution < -0.4 is 0 Å². The van der Waals surface area contributed by atoms with E-state index in [4.69, 9.17) is 0 Å². The van der Waals surface area contributed by atoms with Gasteiger partial charge in [0.05, 0.1) is 20.4 Å². The summed E-state index contributed by atoms with van der Waals surface area (Å²) in [5.74, 6) is -0.905. The molecule has 0 aliphatic rings. The van der Waals surface area contributed by atoms with E-state index in [1.807, 2.05) is 0 Å². The maximum atomic E-state index is 13.2. The third-order valence-corrected chi connectivity index (χ3v) is 3.44. The van der Waals surface area contributed by atoms with Crippen molar-refractivity contribution in [1.82, 2.24) is 4.98 Å². The van der Waals surface area contributed by atoms with Crippen molar-refractivity contribution in [2.45, 2.75) is 0 Å². The number of aromatic nitrogens is 1. The molecule has 0 amide bonds. The first-order chi connectivity index (χ1) is 7.18. The number of halogens is 2. The lowest BCUT2D eigenvalue weighted by atomic mass is 10.1. The second-order valence-electron chi connectivity index (χ2n) is 2.79. The molecular formula is C10H5BrFNOS. The number of carbonyl (C=O) groups is 1. The third-order valence-electron chi connectivity index (χ3n) is 1.81. The minimum absolute atomic E-state index is 0.0550. The Balaban J connectivity index is 2.41. The molecule has 2 heterocycles. The molecule has 0 saturated carbocycles. The van der Waals surface area contributed by atoms with Crippen molar-refractivity contribution in [3.63, 3.8) is 0 Å². The standard InChI is InChI=1S/C10H5BrFNOS/c11-9-2-1-8(15-9)10(14)6-3-4-13-5-7(6)12/h1-5H. The number of nitrogens with zero attached hydrogens (tertiary/aromatic N) is 1. The average molecular weight is 286 g/mol. The van der Waals surface area contributed by atoms with Gasteiger partial charge >= 0.3 is 0 Å². The molecule has 5 heteroatoms. The highest BCUT2D eigenvalue weighted by Gasteiger charge is 2.15. The average Bonchev–Trinajstić information content (AvgIpc) is 2.65. The minimum Gasteiger partial charge on any atom is -0.288 e. The molecule has 0 spiro atoms. The largest absolute Gasteiger partial charge is 0.288 e. The van der Waals surface area contributed by atoms with Crippen LogP contribution in [0.25, 0.3) is 0 Å². The molecule has 0 aliphatic heterocycles. The van der Waals surface area contributed by atoms with Crippen LogP contribution in [0.5, 0.6) is 0 Å². The van der Waals surface area contributed by atoms with E-state index in [0.29, 0.717) is 4.88 Å². The summed E-state index contributed by atoms with van der Waals surface area (Å²) in [6.45, 7) is 0. The first-order valence-corrected chi connectivity index (χ1v) is 5.69. The Kier molecular flexibility index (Phi) is 2.93. The van der Waals surface area contributed by atoms with Crippen LogP contribution in [0.1, 0.15) is 15.2 Å². The van der Waals surface area contributed by atoms with Crippen molar-refractivity contribution in [3.8, 4) is 0 Å². The fourth-order valence-corrected chi connectivity index (χ4v) is 2.47. The molecule has 0 atom stereocenters. The van der Waals surface area contributed by atoms with E-state index in [1.165, 1.54) is 23.6 Å². The van der Waals surface area contributed by atoms with Crippen LogP contribution in [0.3, 0.4) is 0 Å². The molecule has 0 aliphatic carbocycles. The summed E-state index contributed by atoms with van der Waals surface area (Å²) in [7, 11) is 0. The van der Waals surface area contributed by atoms with Gasteiger partial charge < -0.3 is 0 Å².